The number of piperidine rings is 1. The van der Waals surface area contributed by atoms with E-state index in [1.54, 1.807) is 13.8 Å². The van der Waals surface area contributed by atoms with Gasteiger partial charge in [-0.15, -0.1) is 35.7 Å². The number of rotatable bonds is 6. The third-order valence-electron chi connectivity index (χ3n) is 4.93. The fourth-order valence-corrected chi connectivity index (χ4v) is 3.60. The number of hydrogen-bond donors (Lipinski definition) is 0. The molecule has 1 fully saturated rings. The Bertz CT molecular complexity index is 731. The Balaban J connectivity index is 0.000000607. The number of carbonyl (C=O) groups excluding carboxylic acids is 2. The van der Waals surface area contributed by atoms with E-state index < -0.39 is 23.6 Å². The monoisotopic (exact) mass is 717 g/mol. The first kappa shape index (κ1) is 28.6. The van der Waals surface area contributed by atoms with Crippen LogP contribution < -0.4 is 4.74 Å². The number of halogens is 2. The summed E-state index contributed by atoms with van der Waals surface area (Å²) in [6.07, 6.45) is 2.35. The fraction of sp³-hybridized carbons (Fsp3) is 0.636. The molecule has 0 bridgehead atoms. The molecule has 9 heteroatoms. The van der Waals surface area contributed by atoms with Crippen LogP contribution >= 0.6 is 22.6 Å². The number of ketones is 1. The van der Waals surface area contributed by atoms with Crippen molar-refractivity contribution in [3.05, 3.63) is 34.9 Å². The molecule has 3 rings (SSSR count). The van der Waals surface area contributed by atoms with Gasteiger partial charge in [0.2, 0.25) is 0 Å². The van der Waals surface area contributed by atoms with Gasteiger partial charge in [0.05, 0.1) is 5.56 Å². The van der Waals surface area contributed by atoms with Gasteiger partial charge in [-0.2, -0.15) is 0 Å². The summed E-state index contributed by atoms with van der Waals surface area (Å²) < 4.78 is 31.0. The van der Waals surface area contributed by atoms with Crippen molar-refractivity contribution in [1.82, 2.24) is 0 Å². The Morgan fingerprint density at radius 2 is 1.84 bits per heavy atom. The summed E-state index contributed by atoms with van der Waals surface area (Å²) in [7, 11) is 0. The van der Waals surface area contributed by atoms with E-state index in [-0.39, 0.29) is 30.3 Å². The van der Waals surface area contributed by atoms with Crippen LogP contribution in [0.25, 0.3) is 5.32 Å². The fourth-order valence-electron chi connectivity index (χ4n) is 3.60. The maximum absolute atomic E-state index is 13.6. The molecule has 0 saturated carbocycles. The van der Waals surface area contributed by atoms with E-state index in [1.165, 1.54) is 18.2 Å². The van der Waals surface area contributed by atoms with Crippen molar-refractivity contribution in [2.45, 2.75) is 55.8 Å². The molecule has 172 valence electrons. The average Bonchev–Trinajstić information content (AvgIpc) is 2.68. The molecule has 1 atom stereocenters. The zero-order chi connectivity index (χ0) is 22.4. The first-order valence-electron chi connectivity index (χ1n) is 10.1. The largest absolute Gasteiger partial charge is 2.00 e. The van der Waals surface area contributed by atoms with Crippen LogP contribution in [0, 0.1) is 11.7 Å². The minimum atomic E-state index is -0.755. The van der Waals surface area contributed by atoms with Crippen molar-refractivity contribution in [2.75, 3.05) is 26.3 Å². The second kappa shape index (κ2) is 12.7. The number of ether oxygens (including phenoxy) is 3. The van der Waals surface area contributed by atoms with Crippen molar-refractivity contribution in [2.24, 2.45) is 5.92 Å². The molecule has 0 amide bonds. The van der Waals surface area contributed by atoms with Crippen LogP contribution in [0.5, 0.6) is 5.75 Å². The van der Waals surface area contributed by atoms with Crippen LogP contribution in [0.3, 0.4) is 0 Å². The molecular formula is C22H29FINO5W. The van der Waals surface area contributed by atoms with E-state index in [0.29, 0.717) is 50.5 Å². The Hall–Kier alpha value is -0.412. The number of carbonyl (C=O) groups is 1. The molecule has 1 spiro atoms. The molecule has 1 aromatic rings. The van der Waals surface area contributed by atoms with Crippen molar-refractivity contribution < 1.29 is 49.3 Å². The number of Topliss-reactive ketones (excluding diaryl/α,β-unsaturated/α-hetero) is 1. The Labute approximate surface area is 211 Å². The molecular weight excluding hydrogens is 688 g/mol. The number of nitrogens with zero attached hydrogens (tertiary/aromatic N) is 1. The summed E-state index contributed by atoms with van der Waals surface area (Å²) in [5.74, 6) is -0.789. The van der Waals surface area contributed by atoms with Gasteiger partial charge < -0.3 is 24.3 Å². The zero-order valence-corrected chi connectivity index (χ0v) is 23.4. The first-order valence-corrected chi connectivity index (χ1v) is 11.2. The number of hydrogen-bond acceptors (Lipinski definition) is 5. The van der Waals surface area contributed by atoms with E-state index in [1.807, 2.05) is 42.7 Å². The van der Waals surface area contributed by atoms with Gasteiger partial charge in [0, 0.05) is 19.3 Å². The molecule has 2 heterocycles. The molecule has 1 saturated heterocycles. The molecule has 1 unspecified atom stereocenters. The minimum absolute atomic E-state index is 0. The van der Waals surface area contributed by atoms with E-state index in [0.717, 1.165) is 0 Å². The van der Waals surface area contributed by atoms with Gasteiger partial charge in [0.1, 0.15) is 23.1 Å². The second-order valence-corrected chi connectivity index (χ2v) is 10.4. The van der Waals surface area contributed by atoms with Gasteiger partial charge in [0.25, 0.3) is 0 Å². The van der Waals surface area contributed by atoms with Crippen LogP contribution in [0.15, 0.2) is 18.2 Å². The molecule has 0 N–H and O–H groups in total. The predicted molar refractivity (Wildman–Crippen MR) is 121 cm³/mol. The van der Waals surface area contributed by atoms with Crippen molar-refractivity contribution >= 4 is 34.7 Å². The zero-order valence-electron chi connectivity index (χ0n) is 18.3. The van der Waals surface area contributed by atoms with Gasteiger partial charge in [-0.05, 0) is 38.8 Å². The quantitative estimate of drug-likeness (QED) is 0.186. The van der Waals surface area contributed by atoms with Gasteiger partial charge >= 0.3 is 21.1 Å². The first-order chi connectivity index (χ1) is 14.2. The Kier molecular flexibility index (Phi) is 11.8. The topological polar surface area (TPSA) is 75.9 Å². The van der Waals surface area contributed by atoms with Crippen molar-refractivity contribution in [1.29, 1.82) is 0 Å². The van der Waals surface area contributed by atoms with Gasteiger partial charge in [-0.3, -0.25) is 4.79 Å². The summed E-state index contributed by atoms with van der Waals surface area (Å²) in [6.45, 7) is 9.44. The summed E-state index contributed by atoms with van der Waals surface area (Å²) in [6, 6.07) is 4.05. The van der Waals surface area contributed by atoms with Gasteiger partial charge in [0.15, 0.2) is 12.1 Å². The maximum Gasteiger partial charge on any atom is 2.00 e. The Morgan fingerprint density at radius 3 is 2.32 bits per heavy atom. The molecule has 2 aliphatic rings. The van der Waals surface area contributed by atoms with Crippen LogP contribution in [-0.2, 0) is 35.3 Å². The third kappa shape index (κ3) is 7.56. The van der Waals surface area contributed by atoms with Gasteiger partial charge in [-0.1, -0.05) is 17.3 Å². The summed E-state index contributed by atoms with van der Waals surface area (Å²) in [4.78, 5) is 22.9. The third-order valence-corrected chi connectivity index (χ3v) is 5.15. The van der Waals surface area contributed by atoms with E-state index >= 15 is 0 Å². The molecule has 0 radical (unpaired) electrons. The molecule has 0 aromatic heterocycles. The van der Waals surface area contributed by atoms with Crippen LogP contribution in [0.1, 0.15) is 50.9 Å². The number of alkyl halides is 1. The summed E-state index contributed by atoms with van der Waals surface area (Å²) in [5.41, 5.74) is -0.367. The molecule has 31 heavy (non-hydrogen) atoms. The Morgan fingerprint density at radius 1 is 1.29 bits per heavy atom. The second-order valence-electron chi connectivity index (χ2n) is 7.67. The molecule has 6 nitrogen and oxygen atoms in total. The van der Waals surface area contributed by atoms with E-state index in [4.69, 9.17) is 14.2 Å². The number of benzene rings is 1. The van der Waals surface area contributed by atoms with E-state index in [9.17, 15) is 14.0 Å². The minimum Gasteiger partial charge on any atom is -0.662 e. The van der Waals surface area contributed by atoms with Crippen LogP contribution in [-0.4, -0.2) is 53.7 Å². The summed E-state index contributed by atoms with van der Waals surface area (Å²) >= 11 is 2.02. The number of fused-ring (bicyclic) bond motifs is 1. The SMILES string of the molecule is CC(C)(I)[C-]=O.CCOC(OCC)C1C(=O)c2ccc(F)cc2OC12CC[N-]CC2.[W+2]. The standard InChI is InChI=1S/C18H23FNO4.C4H6IO.W/c1-3-22-17(23-4-2)15-16(21)13-6-5-12(19)11-14(13)24-18(15)7-9-20-10-8-18;1-4(2,5)3-6;/h5-6,11,15,17H,3-4,7-10H2,1-2H3;1-2H3;/q2*-1;+2. The smallest absolute Gasteiger partial charge is 0.662 e. The predicted octanol–water partition coefficient (Wildman–Crippen LogP) is 4.63. The molecule has 0 aliphatic carbocycles. The van der Waals surface area contributed by atoms with Gasteiger partial charge in [-0.25, -0.2) is 10.7 Å². The normalized spacial score (nSPS) is 19.6. The molecule has 2 aliphatic heterocycles. The molecule has 1 aromatic carbocycles. The van der Waals surface area contributed by atoms with Crippen molar-refractivity contribution in [3.63, 3.8) is 0 Å². The van der Waals surface area contributed by atoms with Crippen molar-refractivity contribution in [3.8, 4) is 5.75 Å². The van der Waals surface area contributed by atoms with Crippen LogP contribution in [0.4, 0.5) is 4.39 Å². The van der Waals surface area contributed by atoms with Crippen LogP contribution in [0.2, 0.25) is 0 Å². The average molecular weight is 717 g/mol. The van der Waals surface area contributed by atoms with E-state index in [2.05, 4.69) is 5.32 Å². The summed E-state index contributed by atoms with van der Waals surface area (Å²) in [5, 5.41) is 4.36. The maximum atomic E-state index is 13.6.